The van der Waals surface area contributed by atoms with Gasteiger partial charge in [-0.1, -0.05) is 19.1 Å². The van der Waals surface area contributed by atoms with Crippen LogP contribution in [0, 0.1) is 0 Å². The fourth-order valence-electron chi connectivity index (χ4n) is 0.839. The van der Waals surface area contributed by atoms with E-state index in [0.717, 1.165) is 6.42 Å². The van der Waals surface area contributed by atoms with E-state index >= 15 is 0 Å². The summed E-state index contributed by atoms with van der Waals surface area (Å²) in [6.07, 6.45) is 9.36. The standard InChI is InChI=1S/C9H13N/c1-3-9-6-4-5-8(2)7-10-9/h4-7,10H,3H2,1-2H3. The largest absolute Gasteiger partial charge is 0.365 e. The highest BCUT2D eigenvalue weighted by molar-refractivity contribution is 5.26. The zero-order chi connectivity index (χ0) is 7.40. The maximum absolute atomic E-state index is 3.22. The molecular formula is C9H13N. The average molecular weight is 135 g/mol. The van der Waals surface area contributed by atoms with E-state index in [4.69, 9.17) is 0 Å². The fourth-order valence-corrected chi connectivity index (χ4v) is 0.839. The van der Waals surface area contributed by atoms with E-state index in [1.165, 1.54) is 11.3 Å². The molecule has 0 aromatic carbocycles. The minimum atomic E-state index is 1.06. The highest BCUT2D eigenvalue weighted by atomic mass is 14.8. The lowest BCUT2D eigenvalue weighted by Gasteiger charge is -2.00. The van der Waals surface area contributed by atoms with Crippen molar-refractivity contribution in [2.24, 2.45) is 0 Å². The Balaban J connectivity index is 2.69. The first-order valence-corrected chi connectivity index (χ1v) is 3.63. The van der Waals surface area contributed by atoms with Crippen LogP contribution in [-0.2, 0) is 0 Å². The fraction of sp³-hybridized carbons (Fsp3) is 0.333. The molecule has 1 heterocycles. The third-order valence-corrected chi connectivity index (χ3v) is 1.52. The third kappa shape index (κ3) is 1.76. The Labute approximate surface area is 62.1 Å². The summed E-state index contributed by atoms with van der Waals surface area (Å²) in [6.45, 7) is 4.22. The molecule has 0 fully saturated rings. The zero-order valence-corrected chi connectivity index (χ0v) is 6.52. The molecule has 10 heavy (non-hydrogen) atoms. The molecule has 0 aliphatic carbocycles. The number of hydrogen-bond acceptors (Lipinski definition) is 1. The van der Waals surface area contributed by atoms with Gasteiger partial charge in [0, 0.05) is 11.9 Å². The topological polar surface area (TPSA) is 12.0 Å². The van der Waals surface area contributed by atoms with E-state index in [2.05, 4.69) is 37.4 Å². The first-order chi connectivity index (χ1) is 4.83. The van der Waals surface area contributed by atoms with Crippen LogP contribution in [0.15, 0.2) is 35.7 Å². The van der Waals surface area contributed by atoms with Gasteiger partial charge in [-0.25, -0.2) is 0 Å². The average Bonchev–Trinajstić information content (AvgIpc) is 2.14. The van der Waals surface area contributed by atoms with Crippen LogP contribution in [0.4, 0.5) is 0 Å². The molecule has 0 aromatic heterocycles. The smallest absolute Gasteiger partial charge is 0.0143 e. The normalized spacial score (nSPS) is 17.0. The van der Waals surface area contributed by atoms with E-state index in [1.54, 1.807) is 0 Å². The van der Waals surface area contributed by atoms with Crippen molar-refractivity contribution in [3.05, 3.63) is 35.7 Å². The van der Waals surface area contributed by atoms with Crippen LogP contribution < -0.4 is 5.32 Å². The summed E-state index contributed by atoms with van der Waals surface area (Å²) in [5, 5.41) is 3.22. The summed E-state index contributed by atoms with van der Waals surface area (Å²) in [7, 11) is 0. The van der Waals surface area contributed by atoms with E-state index in [1.807, 2.05) is 6.20 Å². The van der Waals surface area contributed by atoms with Crippen molar-refractivity contribution in [1.29, 1.82) is 0 Å². The summed E-state index contributed by atoms with van der Waals surface area (Å²) in [6, 6.07) is 0. The molecule has 1 nitrogen and oxygen atoms in total. The van der Waals surface area contributed by atoms with E-state index in [9.17, 15) is 0 Å². The highest BCUT2D eigenvalue weighted by Gasteiger charge is 1.91. The van der Waals surface area contributed by atoms with Crippen molar-refractivity contribution >= 4 is 0 Å². The molecule has 0 bridgehead atoms. The van der Waals surface area contributed by atoms with Gasteiger partial charge in [-0.2, -0.15) is 0 Å². The van der Waals surface area contributed by atoms with Gasteiger partial charge in [0.2, 0.25) is 0 Å². The van der Waals surface area contributed by atoms with Crippen LogP contribution in [-0.4, -0.2) is 0 Å². The van der Waals surface area contributed by atoms with Crippen LogP contribution in [0.5, 0.6) is 0 Å². The molecule has 0 saturated carbocycles. The molecule has 0 spiro atoms. The predicted molar refractivity (Wildman–Crippen MR) is 44.4 cm³/mol. The second-order valence-electron chi connectivity index (χ2n) is 2.44. The summed E-state index contributed by atoms with van der Waals surface area (Å²) in [4.78, 5) is 0. The Bertz CT molecular complexity index is 194. The summed E-state index contributed by atoms with van der Waals surface area (Å²) < 4.78 is 0. The first kappa shape index (κ1) is 7.13. The Hall–Kier alpha value is -0.980. The summed E-state index contributed by atoms with van der Waals surface area (Å²) >= 11 is 0. The maximum atomic E-state index is 3.22. The van der Waals surface area contributed by atoms with Crippen molar-refractivity contribution in [3.63, 3.8) is 0 Å². The molecule has 0 radical (unpaired) electrons. The van der Waals surface area contributed by atoms with Crippen LogP contribution in [0.25, 0.3) is 0 Å². The molecule has 0 atom stereocenters. The lowest BCUT2D eigenvalue weighted by molar-refractivity contribution is 0.942. The second kappa shape index (κ2) is 3.25. The first-order valence-electron chi connectivity index (χ1n) is 3.63. The van der Waals surface area contributed by atoms with Crippen LogP contribution >= 0.6 is 0 Å². The van der Waals surface area contributed by atoms with Gasteiger partial charge in [0.15, 0.2) is 0 Å². The molecule has 0 unspecified atom stereocenters. The quantitative estimate of drug-likeness (QED) is 0.582. The molecular weight excluding hydrogens is 122 g/mol. The molecule has 54 valence electrons. The Morgan fingerprint density at radius 1 is 1.50 bits per heavy atom. The van der Waals surface area contributed by atoms with Gasteiger partial charge in [0.25, 0.3) is 0 Å². The lowest BCUT2D eigenvalue weighted by Crippen LogP contribution is -2.02. The van der Waals surface area contributed by atoms with Crippen LogP contribution in [0.1, 0.15) is 20.3 Å². The SMILES string of the molecule is CCC1=CC=CC(C)=CN1. The van der Waals surface area contributed by atoms with Gasteiger partial charge in [0.1, 0.15) is 0 Å². The van der Waals surface area contributed by atoms with Gasteiger partial charge >= 0.3 is 0 Å². The van der Waals surface area contributed by atoms with Gasteiger partial charge < -0.3 is 5.32 Å². The van der Waals surface area contributed by atoms with Crippen molar-refractivity contribution in [2.45, 2.75) is 20.3 Å². The molecule has 1 rings (SSSR count). The number of nitrogens with one attached hydrogen (secondary N) is 1. The van der Waals surface area contributed by atoms with E-state index in [-0.39, 0.29) is 0 Å². The summed E-state index contributed by atoms with van der Waals surface area (Å²) in [5.41, 5.74) is 2.54. The molecule has 1 N–H and O–H groups in total. The third-order valence-electron chi connectivity index (χ3n) is 1.52. The monoisotopic (exact) mass is 135 g/mol. The minimum Gasteiger partial charge on any atom is -0.365 e. The van der Waals surface area contributed by atoms with Crippen molar-refractivity contribution in [1.82, 2.24) is 5.32 Å². The van der Waals surface area contributed by atoms with E-state index in [0.29, 0.717) is 0 Å². The van der Waals surface area contributed by atoms with Gasteiger partial charge in [-0.3, -0.25) is 0 Å². The van der Waals surface area contributed by atoms with Crippen LogP contribution in [0.3, 0.4) is 0 Å². The minimum absolute atomic E-state index is 1.06. The van der Waals surface area contributed by atoms with E-state index < -0.39 is 0 Å². The van der Waals surface area contributed by atoms with Crippen molar-refractivity contribution < 1.29 is 0 Å². The molecule has 1 aliphatic heterocycles. The number of hydrogen-bond donors (Lipinski definition) is 1. The molecule has 0 amide bonds. The zero-order valence-electron chi connectivity index (χ0n) is 6.52. The van der Waals surface area contributed by atoms with Crippen molar-refractivity contribution in [2.75, 3.05) is 0 Å². The number of rotatable bonds is 1. The predicted octanol–water partition coefficient (Wildman–Crippen LogP) is 2.34. The Kier molecular flexibility index (Phi) is 2.32. The molecule has 0 aromatic rings. The van der Waals surface area contributed by atoms with Gasteiger partial charge in [-0.15, -0.1) is 0 Å². The molecule has 1 aliphatic rings. The second-order valence-corrected chi connectivity index (χ2v) is 2.44. The summed E-state index contributed by atoms with van der Waals surface area (Å²) in [5.74, 6) is 0. The van der Waals surface area contributed by atoms with Gasteiger partial charge in [0.05, 0.1) is 0 Å². The lowest BCUT2D eigenvalue weighted by atomic mass is 10.3. The number of allylic oxidation sites excluding steroid dienone is 5. The Morgan fingerprint density at radius 3 is 3.00 bits per heavy atom. The van der Waals surface area contributed by atoms with Crippen LogP contribution in [0.2, 0.25) is 0 Å². The molecule has 0 saturated heterocycles. The van der Waals surface area contributed by atoms with Gasteiger partial charge in [-0.05, 0) is 25.0 Å². The maximum Gasteiger partial charge on any atom is 0.0143 e. The van der Waals surface area contributed by atoms with Crippen molar-refractivity contribution in [3.8, 4) is 0 Å². The Morgan fingerprint density at radius 2 is 2.30 bits per heavy atom. The highest BCUT2D eigenvalue weighted by Crippen LogP contribution is 2.03. The molecule has 1 heteroatoms.